The van der Waals surface area contributed by atoms with Crippen LogP contribution in [0.15, 0.2) is 54.7 Å². The molecule has 0 unspecified atom stereocenters. The minimum Gasteiger partial charge on any atom is -0.382 e. The SMILES string of the molecule is O=C(CCCCNC1CCC(Nc2ccnc3cc(Cl)ccc23)CC1)c1ccc(F)cc1. The fraction of sp³-hybridized carbons (Fsp3) is 0.385. The number of aromatic nitrogens is 1. The van der Waals surface area contributed by atoms with Crippen molar-refractivity contribution in [2.45, 2.75) is 57.0 Å². The lowest BCUT2D eigenvalue weighted by atomic mass is 9.90. The second kappa shape index (κ2) is 10.9. The number of nitrogens with zero attached hydrogens (tertiary/aromatic N) is 1. The summed E-state index contributed by atoms with van der Waals surface area (Å²) in [6.07, 6.45) is 8.68. The van der Waals surface area contributed by atoms with E-state index in [0.29, 0.717) is 29.1 Å². The first-order valence-corrected chi connectivity index (χ1v) is 11.8. The smallest absolute Gasteiger partial charge is 0.162 e. The Morgan fingerprint density at radius 1 is 1.00 bits per heavy atom. The van der Waals surface area contributed by atoms with Crippen LogP contribution in [0.25, 0.3) is 10.9 Å². The van der Waals surface area contributed by atoms with Crippen LogP contribution in [0.4, 0.5) is 10.1 Å². The minimum atomic E-state index is -0.310. The molecule has 1 aliphatic rings. The van der Waals surface area contributed by atoms with E-state index in [0.717, 1.165) is 61.7 Å². The number of hydrogen-bond acceptors (Lipinski definition) is 4. The van der Waals surface area contributed by atoms with Crippen molar-refractivity contribution in [3.05, 3.63) is 71.1 Å². The lowest BCUT2D eigenvalue weighted by Crippen LogP contribution is -2.37. The quantitative estimate of drug-likeness (QED) is 0.291. The number of Topliss-reactive ketones (excluding diaryl/α,β-unsaturated/α-hetero) is 1. The predicted octanol–water partition coefficient (Wildman–Crippen LogP) is 6.39. The van der Waals surface area contributed by atoms with Crippen molar-refractivity contribution in [1.29, 1.82) is 0 Å². The van der Waals surface area contributed by atoms with E-state index in [2.05, 4.69) is 15.6 Å². The third-order valence-corrected chi connectivity index (χ3v) is 6.46. The maximum absolute atomic E-state index is 13.0. The number of benzene rings is 2. The number of nitrogens with one attached hydrogen (secondary N) is 2. The van der Waals surface area contributed by atoms with Crippen LogP contribution < -0.4 is 10.6 Å². The molecule has 3 aromatic rings. The molecule has 1 aromatic heterocycles. The highest BCUT2D eigenvalue weighted by molar-refractivity contribution is 6.31. The van der Waals surface area contributed by atoms with Crippen molar-refractivity contribution >= 4 is 34.0 Å². The van der Waals surface area contributed by atoms with Crippen molar-refractivity contribution < 1.29 is 9.18 Å². The molecule has 32 heavy (non-hydrogen) atoms. The molecule has 1 heterocycles. The Balaban J connectivity index is 1.15. The van der Waals surface area contributed by atoms with E-state index in [9.17, 15) is 9.18 Å². The molecule has 2 N–H and O–H groups in total. The van der Waals surface area contributed by atoms with Gasteiger partial charge in [0.2, 0.25) is 0 Å². The summed E-state index contributed by atoms with van der Waals surface area (Å²) < 4.78 is 13.0. The number of hydrogen-bond donors (Lipinski definition) is 2. The summed E-state index contributed by atoms with van der Waals surface area (Å²) >= 11 is 6.09. The molecule has 4 nitrogen and oxygen atoms in total. The normalized spacial score (nSPS) is 18.6. The van der Waals surface area contributed by atoms with Gasteiger partial charge in [0.1, 0.15) is 5.82 Å². The summed E-state index contributed by atoms with van der Waals surface area (Å²) in [7, 11) is 0. The van der Waals surface area contributed by atoms with Gasteiger partial charge < -0.3 is 10.6 Å². The molecule has 0 atom stereocenters. The maximum atomic E-state index is 13.0. The lowest BCUT2D eigenvalue weighted by Gasteiger charge is -2.30. The van der Waals surface area contributed by atoms with E-state index in [1.54, 1.807) is 12.1 Å². The number of anilines is 1. The molecule has 0 amide bonds. The van der Waals surface area contributed by atoms with Crippen molar-refractivity contribution in [2.24, 2.45) is 0 Å². The molecule has 4 rings (SSSR count). The number of carbonyl (C=O) groups is 1. The Kier molecular flexibility index (Phi) is 7.72. The number of fused-ring (bicyclic) bond motifs is 1. The van der Waals surface area contributed by atoms with Crippen molar-refractivity contribution in [3.8, 4) is 0 Å². The van der Waals surface area contributed by atoms with E-state index < -0.39 is 0 Å². The largest absolute Gasteiger partial charge is 0.382 e. The van der Waals surface area contributed by atoms with Gasteiger partial charge in [-0.1, -0.05) is 11.6 Å². The zero-order chi connectivity index (χ0) is 22.3. The number of ketones is 1. The van der Waals surface area contributed by atoms with Crippen LogP contribution in [0.5, 0.6) is 0 Å². The molecule has 0 spiro atoms. The molecule has 0 aliphatic heterocycles. The van der Waals surface area contributed by atoms with Crippen LogP contribution >= 0.6 is 11.6 Å². The Morgan fingerprint density at radius 3 is 2.53 bits per heavy atom. The Labute approximate surface area is 193 Å². The van der Waals surface area contributed by atoms with E-state index in [1.807, 2.05) is 30.5 Å². The van der Waals surface area contributed by atoms with Crippen LogP contribution in [-0.4, -0.2) is 29.4 Å². The van der Waals surface area contributed by atoms with Gasteiger partial charge in [-0.3, -0.25) is 9.78 Å². The van der Waals surface area contributed by atoms with Crippen molar-refractivity contribution in [1.82, 2.24) is 10.3 Å². The van der Waals surface area contributed by atoms with Gasteiger partial charge in [-0.2, -0.15) is 0 Å². The number of halogens is 2. The average molecular weight is 454 g/mol. The first-order valence-electron chi connectivity index (χ1n) is 11.4. The molecular weight excluding hydrogens is 425 g/mol. The maximum Gasteiger partial charge on any atom is 0.162 e. The summed E-state index contributed by atoms with van der Waals surface area (Å²) in [5.74, 6) is -0.225. The van der Waals surface area contributed by atoms with Crippen LogP contribution in [0.3, 0.4) is 0 Å². The molecule has 168 valence electrons. The highest BCUT2D eigenvalue weighted by atomic mass is 35.5. The first kappa shape index (κ1) is 22.7. The summed E-state index contributed by atoms with van der Waals surface area (Å²) in [5, 5.41) is 9.16. The third-order valence-electron chi connectivity index (χ3n) is 6.22. The minimum absolute atomic E-state index is 0.0856. The monoisotopic (exact) mass is 453 g/mol. The van der Waals surface area contributed by atoms with Gasteiger partial charge in [-0.25, -0.2) is 4.39 Å². The van der Waals surface area contributed by atoms with Crippen LogP contribution in [-0.2, 0) is 0 Å². The number of carbonyl (C=O) groups excluding carboxylic acids is 1. The summed E-state index contributed by atoms with van der Waals surface area (Å²) in [6, 6.07) is 14.7. The fourth-order valence-electron chi connectivity index (χ4n) is 4.41. The Bertz CT molecular complexity index is 1050. The van der Waals surface area contributed by atoms with Gasteiger partial charge in [-0.05, 0) is 93.6 Å². The molecule has 6 heteroatoms. The molecule has 1 aliphatic carbocycles. The molecule has 0 bridgehead atoms. The highest BCUT2D eigenvalue weighted by Crippen LogP contribution is 2.28. The fourth-order valence-corrected chi connectivity index (χ4v) is 4.57. The average Bonchev–Trinajstić information content (AvgIpc) is 2.80. The third kappa shape index (κ3) is 6.05. The van der Waals surface area contributed by atoms with Crippen molar-refractivity contribution in [3.63, 3.8) is 0 Å². The topological polar surface area (TPSA) is 54.0 Å². The molecule has 1 fully saturated rings. The standard InChI is InChI=1S/C26H29ClFN3O/c27-19-6-13-23-24(14-16-30-25(23)17-19)31-22-11-9-21(10-12-22)29-15-2-1-3-26(32)18-4-7-20(28)8-5-18/h4-8,13-14,16-17,21-22,29H,1-3,9-12,15H2,(H,30,31). The van der Waals surface area contributed by atoms with Gasteiger partial charge >= 0.3 is 0 Å². The summed E-state index contributed by atoms with van der Waals surface area (Å²) in [6.45, 7) is 0.926. The Morgan fingerprint density at radius 2 is 1.75 bits per heavy atom. The lowest BCUT2D eigenvalue weighted by molar-refractivity contribution is 0.0979. The van der Waals surface area contributed by atoms with Gasteiger partial charge in [0.05, 0.1) is 5.52 Å². The van der Waals surface area contributed by atoms with Gasteiger partial charge in [-0.15, -0.1) is 0 Å². The van der Waals surface area contributed by atoms with Gasteiger partial charge in [0.25, 0.3) is 0 Å². The summed E-state index contributed by atoms with van der Waals surface area (Å²) in [4.78, 5) is 16.6. The molecule has 0 saturated heterocycles. The van der Waals surface area contributed by atoms with Gasteiger partial charge in [0, 0.05) is 46.4 Å². The van der Waals surface area contributed by atoms with Gasteiger partial charge in [0.15, 0.2) is 5.78 Å². The van der Waals surface area contributed by atoms with E-state index in [1.165, 1.54) is 12.1 Å². The summed E-state index contributed by atoms with van der Waals surface area (Å²) in [5.41, 5.74) is 2.62. The number of unbranched alkanes of at least 4 members (excludes halogenated alkanes) is 1. The molecule has 1 saturated carbocycles. The van der Waals surface area contributed by atoms with Crippen LogP contribution in [0, 0.1) is 5.82 Å². The highest BCUT2D eigenvalue weighted by Gasteiger charge is 2.21. The molecule has 2 aromatic carbocycles. The van der Waals surface area contributed by atoms with Crippen LogP contribution in [0.1, 0.15) is 55.3 Å². The first-order chi connectivity index (χ1) is 15.6. The van der Waals surface area contributed by atoms with E-state index >= 15 is 0 Å². The second-order valence-electron chi connectivity index (χ2n) is 8.55. The zero-order valence-electron chi connectivity index (χ0n) is 18.1. The van der Waals surface area contributed by atoms with E-state index in [4.69, 9.17) is 11.6 Å². The molecular formula is C26H29ClFN3O. The zero-order valence-corrected chi connectivity index (χ0v) is 18.9. The molecule has 0 radical (unpaired) electrons. The Hall–Kier alpha value is -2.50. The second-order valence-corrected chi connectivity index (χ2v) is 8.99. The predicted molar refractivity (Wildman–Crippen MR) is 129 cm³/mol. The van der Waals surface area contributed by atoms with E-state index in [-0.39, 0.29) is 11.6 Å². The van der Waals surface area contributed by atoms with Crippen LogP contribution in [0.2, 0.25) is 5.02 Å². The number of rotatable bonds is 9. The van der Waals surface area contributed by atoms with Crippen molar-refractivity contribution in [2.75, 3.05) is 11.9 Å². The number of pyridine rings is 1.